The lowest BCUT2D eigenvalue weighted by Gasteiger charge is -2.11. The zero-order chi connectivity index (χ0) is 13.1. The highest BCUT2D eigenvalue weighted by atomic mass is 79.9. The lowest BCUT2D eigenvalue weighted by Crippen LogP contribution is -1.99. The molecule has 1 heterocycles. The van der Waals surface area contributed by atoms with E-state index in [1.54, 1.807) is 6.07 Å². The number of hydrogen-bond donors (Lipinski definition) is 1. The van der Waals surface area contributed by atoms with E-state index >= 15 is 0 Å². The minimum absolute atomic E-state index is 0.239. The monoisotopic (exact) mass is 347 g/mol. The van der Waals surface area contributed by atoms with Gasteiger partial charge in [0, 0.05) is 4.47 Å². The largest absolute Gasteiger partial charge is 0.490 e. The molecule has 4 nitrogen and oxygen atoms in total. The summed E-state index contributed by atoms with van der Waals surface area (Å²) in [5.74, 6) is 0.833. The Hall–Kier alpha value is -1.04. The Kier molecular flexibility index (Phi) is 4.27. The summed E-state index contributed by atoms with van der Waals surface area (Å²) < 4.78 is 6.03. The van der Waals surface area contributed by atoms with Crippen molar-refractivity contribution in [3.05, 3.63) is 39.2 Å². The van der Waals surface area contributed by atoms with E-state index in [1.165, 1.54) is 13.4 Å². The Morgan fingerprint density at radius 1 is 1.28 bits per heavy atom. The second kappa shape index (κ2) is 5.73. The number of benzene rings is 1. The van der Waals surface area contributed by atoms with Gasteiger partial charge in [-0.3, -0.25) is 0 Å². The zero-order valence-corrected chi connectivity index (χ0v) is 12.3. The van der Waals surface area contributed by atoms with E-state index in [1.807, 2.05) is 12.1 Å². The maximum Gasteiger partial charge on any atom is 0.199 e. The normalized spacial score (nSPS) is 10.2. The van der Waals surface area contributed by atoms with Gasteiger partial charge in [0.25, 0.3) is 0 Å². The van der Waals surface area contributed by atoms with Gasteiger partial charge < -0.3 is 10.1 Å². The second-order valence-corrected chi connectivity index (χ2v) is 4.98. The van der Waals surface area contributed by atoms with Crippen molar-refractivity contribution in [2.24, 2.45) is 0 Å². The Morgan fingerprint density at radius 2 is 2.06 bits per heavy atom. The van der Waals surface area contributed by atoms with Crippen LogP contribution in [-0.4, -0.2) is 17.1 Å². The fraction of sp³-hybridized carbons (Fsp3) is 0.0909. The Morgan fingerprint density at radius 3 is 2.72 bits per heavy atom. The molecule has 0 unspecified atom stereocenters. The highest BCUT2D eigenvalue weighted by Gasteiger charge is 2.11. The third-order valence-corrected chi connectivity index (χ3v) is 3.22. The smallest absolute Gasteiger partial charge is 0.199 e. The zero-order valence-electron chi connectivity index (χ0n) is 9.25. The molecule has 2 rings (SSSR count). The summed E-state index contributed by atoms with van der Waals surface area (Å²) >= 11 is 15.3. The molecular formula is C11H8BrCl2N3O. The number of methoxy groups -OCH3 is 1. The average Bonchev–Trinajstić information content (AvgIpc) is 2.33. The second-order valence-electron chi connectivity index (χ2n) is 3.30. The minimum Gasteiger partial charge on any atom is -0.490 e. The minimum atomic E-state index is 0.239. The number of nitrogens with zero attached hydrogens (tertiary/aromatic N) is 2. The molecule has 0 atom stereocenters. The van der Waals surface area contributed by atoms with E-state index < -0.39 is 0 Å². The van der Waals surface area contributed by atoms with Crippen molar-refractivity contribution in [2.45, 2.75) is 0 Å². The van der Waals surface area contributed by atoms with Crippen LogP contribution in [0.1, 0.15) is 0 Å². The van der Waals surface area contributed by atoms with Crippen LogP contribution >= 0.6 is 39.1 Å². The Bertz CT molecular complexity index is 580. The number of hydrogen-bond acceptors (Lipinski definition) is 4. The molecule has 1 aromatic carbocycles. The van der Waals surface area contributed by atoms with Crippen LogP contribution in [0.25, 0.3) is 0 Å². The van der Waals surface area contributed by atoms with E-state index in [9.17, 15) is 0 Å². The van der Waals surface area contributed by atoms with Gasteiger partial charge in [-0.15, -0.1) is 0 Å². The first-order valence-electron chi connectivity index (χ1n) is 4.88. The molecule has 0 fully saturated rings. The van der Waals surface area contributed by atoms with Crippen LogP contribution in [0.15, 0.2) is 29.0 Å². The van der Waals surface area contributed by atoms with Gasteiger partial charge in [-0.05, 0) is 18.2 Å². The number of aromatic nitrogens is 2. The number of ether oxygens (including phenoxy) is 1. The molecule has 94 valence electrons. The molecule has 1 aromatic heterocycles. The molecule has 2 aromatic rings. The summed E-state index contributed by atoms with van der Waals surface area (Å²) in [5.41, 5.74) is 0.702. The molecule has 0 aliphatic rings. The number of halogens is 3. The van der Waals surface area contributed by atoms with Crippen LogP contribution in [0, 0.1) is 0 Å². The first-order chi connectivity index (χ1) is 8.61. The number of rotatable bonds is 3. The van der Waals surface area contributed by atoms with Crippen molar-refractivity contribution >= 4 is 50.6 Å². The first-order valence-corrected chi connectivity index (χ1v) is 6.43. The first kappa shape index (κ1) is 13.4. The van der Waals surface area contributed by atoms with Crippen LogP contribution in [0.4, 0.5) is 11.5 Å². The molecule has 0 bridgehead atoms. The molecule has 7 heteroatoms. The fourth-order valence-corrected chi connectivity index (χ4v) is 2.27. The molecule has 0 aliphatic carbocycles. The molecule has 18 heavy (non-hydrogen) atoms. The summed E-state index contributed by atoms with van der Waals surface area (Å²) in [5, 5.41) is 3.84. The van der Waals surface area contributed by atoms with Gasteiger partial charge >= 0.3 is 0 Å². The summed E-state index contributed by atoms with van der Waals surface area (Å²) in [6, 6.07) is 5.46. The van der Waals surface area contributed by atoms with Crippen molar-refractivity contribution in [1.29, 1.82) is 0 Å². The summed E-state index contributed by atoms with van der Waals surface area (Å²) in [6.45, 7) is 0. The van der Waals surface area contributed by atoms with Crippen LogP contribution < -0.4 is 10.1 Å². The summed E-state index contributed by atoms with van der Waals surface area (Å²) in [6.07, 6.45) is 1.35. The summed E-state index contributed by atoms with van der Waals surface area (Å²) in [4.78, 5) is 7.90. The molecule has 0 amide bonds. The SMILES string of the molecule is COc1c(Cl)ncnc1Nc1ccc(Br)cc1Cl. The number of anilines is 2. The predicted octanol–water partition coefficient (Wildman–Crippen LogP) is 4.30. The highest BCUT2D eigenvalue weighted by molar-refractivity contribution is 9.10. The van der Waals surface area contributed by atoms with Crippen molar-refractivity contribution in [3.63, 3.8) is 0 Å². The predicted molar refractivity (Wildman–Crippen MR) is 76.0 cm³/mol. The Balaban J connectivity index is 2.37. The lowest BCUT2D eigenvalue weighted by molar-refractivity contribution is 0.413. The molecule has 0 aliphatic heterocycles. The topological polar surface area (TPSA) is 47.0 Å². The third kappa shape index (κ3) is 2.85. The van der Waals surface area contributed by atoms with E-state index in [0.717, 1.165) is 4.47 Å². The fourth-order valence-electron chi connectivity index (χ4n) is 1.34. The van der Waals surface area contributed by atoms with Gasteiger partial charge in [-0.1, -0.05) is 39.1 Å². The van der Waals surface area contributed by atoms with Gasteiger partial charge in [0.1, 0.15) is 6.33 Å². The maximum absolute atomic E-state index is 6.11. The van der Waals surface area contributed by atoms with Crippen molar-refractivity contribution in [1.82, 2.24) is 9.97 Å². The standard InChI is InChI=1S/C11H8BrCl2N3O/c1-18-9-10(14)15-5-16-11(9)17-8-3-2-6(12)4-7(8)13/h2-5H,1H3,(H,15,16,17). The third-order valence-electron chi connectivity index (χ3n) is 2.15. The van der Waals surface area contributed by atoms with E-state index in [0.29, 0.717) is 22.3 Å². The Labute approximate surface area is 122 Å². The molecule has 0 spiro atoms. The molecule has 0 saturated heterocycles. The summed E-state index contributed by atoms with van der Waals surface area (Å²) in [7, 11) is 1.50. The van der Waals surface area contributed by atoms with Gasteiger partial charge in [0.15, 0.2) is 16.7 Å². The molecule has 1 N–H and O–H groups in total. The van der Waals surface area contributed by atoms with Crippen molar-refractivity contribution in [2.75, 3.05) is 12.4 Å². The van der Waals surface area contributed by atoms with E-state index in [-0.39, 0.29) is 5.15 Å². The van der Waals surface area contributed by atoms with Crippen molar-refractivity contribution < 1.29 is 4.74 Å². The van der Waals surface area contributed by atoms with E-state index in [4.69, 9.17) is 27.9 Å². The molecule has 0 saturated carbocycles. The van der Waals surface area contributed by atoms with Crippen LogP contribution in [0.3, 0.4) is 0 Å². The van der Waals surface area contributed by atoms with Gasteiger partial charge in [-0.25, -0.2) is 9.97 Å². The lowest BCUT2D eigenvalue weighted by atomic mass is 10.3. The van der Waals surface area contributed by atoms with Gasteiger partial charge in [0.2, 0.25) is 0 Å². The maximum atomic E-state index is 6.11. The van der Waals surface area contributed by atoms with Gasteiger partial charge in [0.05, 0.1) is 17.8 Å². The molecular weight excluding hydrogens is 341 g/mol. The number of nitrogens with one attached hydrogen (secondary N) is 1. The molecule has 0 radical (unpaired) electrons. The average molecular weight is 349 g/mol. The van der Waals surface area contributed by atoms with Crippen molar-refractivity contribution in [3.8, 4) is 5.75 Å². The van der Waals surface area contributed by atoms with Crippen LogP contribution in [0.5, 0.6) is 5.75 Å². The quantitative estimate of drug-likeness (QED) is 0.840. The van der Waals surface area contributed by atoms with Crippen LogP contribution in [0.2, 0.25) is 10.2 Å². The van der Waals surface area contributed by atoms with Crippen LogP contribution in [-0.2, 0) is 0 Å². The highest BCUT2D eigenvalue weighted by Crippen LogP contribution is 2.33. The van der Waals surface area contributed by atoms with Gasteiger partial charge in [-0.2, -0.15) is 0 Å². The van der Waals surface area contributed by atoms with E-state index in [2.05, 4.69) is 31.2 Å².